The summed E-state index contributed by atoms with van der Waals surface area (Å²) in [6.45, 7) is 3.58. The highest BCUT2D eigenvalue weighted by atomic mass is 32.2. The maximum absolute atomic E-state index is 12.2. The lowest BCUT2D eigenvalue weighted by Gasteiger charge is -2.01. The van der Waals surface area contributed by atoms with E-state index in [1.54, 1.807) is 13.8 Å². The molecule has 0 spiro atoms. The van der Waals surface area contributed by atoms with E-state index >= 15 is 0 Å². The molecule has 0 unspecified atom stereocenters. The normalized spacial score (nSPS) is 10.6. The molecule has 11 heteroatoms. The van der Waals surface area contributed by atoms with Crippen LogP contribution in [0.3, 0.4) is 0 Å². The molecule has 8 nitrogen and oxygen atoms in total. The Morgan fingerprint density at radius 2 is 2.19 bits per heavy atom. The van der Waals surface area contributed by atoms with Crippen molar-refractivity contribution in [2.75, 3.05) is 11.9 Å². The zero-order chi connectivity index (χ0) is 20.0. The lowest BCUT2D eigenvalue weighted by atomic mass is 10.3. The summed E-state index contributed by atoms with van der Waals surface area (Å²) in [5, 5.41) is 24.6. The van der Waals surface area contributed by atoms with E-state index < -0.39 is 16.8 Å². The fourth-order valence-corrected chi connectivity index (χ4v) is 4.51. The number of amides is 1. The average molecular weight is 423 g/mol. The molecule has 0 aromatic carbocycles. The van der Waals surface area contributed by atoms with Gasteiger partial charge in [-0.15, -0.1) is 11.3 Å². The van der Waals surface area contributed by atoms with Crippen molar-refractivity contribution in [3.63, 3.8) is 0 Å². The monoisotopic (exact) mass is 423 g/mol. The van der Waals surface area contributed by atoms with Crippen molar-refractivity contribution in [1.29, 1.82) is 5.26 Å². The summed E-state index contributed by atoms with van der Waals surface area (Å²) in [5.74, 6) is -0.996. The van der Waals surface area contributed by atoms with Crippen molar-refractivity contribution < 1.29 is 19.2 Å². The van der Waals surface area contributed by atoms with Crippen LogP contribution >= 0.6 is 34.4 Å². The van der Waals surface area contributed by atoms with Gasteiger partial charge in [0.15, 0.2) is 0 Å². The molecular formula is C16H13N3O5S3. The Hall–Kier alpha value is -2.68. The molecule has 0 saturated heterocycles. The van der Waals surface area contributed by atoms with Crippen LogP contribution in [0.4, 0.5) is 10.0 Å². The molecule has 0 atom stereocenters. The van der Waals surface area contributed by atoms with Gasteiger partial charge in [0, 0.05) is 17.0 Å². The predicted octanol–water partition coefficient (Wildman–Crippen LogP) is 4.43. The number of thiocyanates is 1. The maximum Gasteiger partial charge on any atom is 0.348 e. The van der Waals surface area contributed by atoms with Crippen molar-refractivity contribution in [2.24, 2.45) is 0 Å². The number of nitrogens with one attached hydrogen (secondary N) is 1. The van der Waals surface area contributed by atoms with Crippen LogP contribution in [0.2, 0.25) is 0 Å². The van der Waals surface area contributed by atoms with Gasteiger partial charge in [-0.2, -0.15) is 5.26 Å². The first-order valence-electron chi connectivity index (χ1n) is 7.47. The molecule has 0 aliphatic heterocycles. The van der Waals surface area contributed by atoms with E-state index in [-0.39, 0.29) is 11.6 Å². The van der Waals surface area contributed by atoms with E-state index in [4.69, 9.17) is 10.00 Å². The second-order valence-corrected chi connectivity index (χ2v) is 7.79. The average Bonchev–Trinajstić information content (AvgIpc) is 3.21. The minimum atomic E-state index is -0.512. The van der Waals surface area contributed by atoms with Crippen LogP contribution in [0.25, 0.3) is 6.08 Å². The molecule has 0 aliphatic carbocycles. The van der Waals surface area contributed by atoms with Crippen LogP contribution in [0.5, 0.6) is 0 Å². The predicted molar refractivity (Wildman–Crippen MR) is 105 cm³/mol. The minimum Gasteiger partial charge on any atom is -0.462 e. The van der Waals surface area contributed by atoms with Gasteiger partial charge in [-0.3, -0.25) is 14.9 Å². The van der Waals surface area contributed by atoms with Crippen LogP contribution in [0.1, 0.15) is 27.0 Å². The molecule has 2 aromatic heterocycles. The Bertz CT molecular complexity index is 955. The van der Waals surface area contributed by atoms with Gasteiger partial charge < -0.3 is 10.1 Å². The van der Waals surface area contributed by atoms with Crippen LogP contribution < -0.4 is 5.32 Å². The molecule has 27 heavy (non-hydrogen) atoms. The summed E-state index contributed by atoms with van der Waals surface area (Å²) in [7, 11) is 0. The summed E-state index contributed by atoms with van der Waals surface area (Å²) < 4.78 is 4.99. The summed E-state index contributed by atoms with van der Waals surface area (Å²) in [4.78, 5) is 35.7. The summed E-state index contributed by atoms with van der Waals surface area (Å²) in [6.07, 6.45) is 2.69. The van der Waals surface area contributed by atoms with E-state index in [0.717, 1.165) is 34.4 Å². The molecule has 2 aromatic rings. The van der Waals surface area contributed by atoms with Crippen molar-refractivity contribution in [1.82, 2.24) is 0 Å². The Morgan fingerprint density at radius 1 is 1.44 bits per heavy atom. The zero-order valence-electron chi connectivity index (χ0n) is 14.2. The quantitative estimate of drug-likeness (QED) is 0.174. The summed E-state index contributed by atoms with van der Waals surface area (Å²) >= 11 is 2.82. The number of ether oxygens (including phenoxy) is 1. The van der Waals surface area contributed by atoms with Crippen molar-refractivity contribution in [2.45, 2.75) is 18.7 Å². The second-order valence-electron chi connectivity index (χ2n) is 4.88. The first-order chi connectivity index (χ1) is 12.9. The molecule has 1 N–H and O–H groups in total. The number of thiophene rings is 2. The first kappa shape index (κ1) is 20.6. The number of anilines is 1. The Balaban J connectivity index is 2.19. The highest BCUT2D eigenvalue weighted by Gasteiger charge is 2.22. The molecule has 0 aliphatic rings. The van der Waals surface area contributed by atoms with E-state index in [0.29, 0.717) is 25.2 Å². The number of nitrogens with zero attached hydrogens (tertiary/aromatic N) is 2. The van der Waals surface area contributed by atoms with Gasteiger partial charge in [0.05, 0.1) is 16.4 Å². The maximum atomic E-state index is 12.2. The topological polar surface area (TPSA) is 122 Å². The Morgan fingerprint density at radius 3 is 2.78 bits per heavy atom. The van der Waals surface area contributed by atoms with Crippen molar-refractivity contribution >= 4 is 62.4 Å². The largest absolute Gasteiger partial charge is 0.462 e. The number of carbonyl (C=O) groups excluding carboxylic acids is 2. The Kier molecular flexibility index (Phi) is 7.12. The van der Waals surface area contributed by atoms with Gasteiger partial charge >= 0.3 is 11.0 Å². The van der Waals surface area contributed by atoms with Gasteiger partial charge in [0.2, 0.25) is 5.91 Å². The molecule has 0 bridgehead atoms. The van der Waals surface area contributed by atoms with Gasteiger partial charge in [-0.25, -0.2) is 4.79 Å². The third kappa shape index (κ3) is 5.16. The fraction of sp³-hybridized carbons (Fsp3) is 0.188. The van der Waals surface area contributed by atoms with Crippen LogP contribution in [0, 0.1) is 27.7 Å². The number of carbonyl (C=O) groups is 2. The standard InChI is InChI=1S/C16H13N3O5S3/c1-3-24-16(21)14-9(2)13(25-8-17)15(27-14)18-11(20)6-4-10-5-7-12(26-10)19(22)23/h4-7H,3H2,1-2H3,(H,18,20)/b6-4+. The number of thioether (sulfide) groups is 1. The van der Waals surface area contributed by atoms with Crippen LogP contribution in [-0.2, 0) is 9.53 Å². The van der Waals surface area contributed by atoms with E-state index in [9.17, 15) is 19.7 Å². The van der Waals surface area contributed by atoms with Crippen LogP contribution in [0.15, 0.2) is 23.1 Å². The molecule has 0 fully saturated rings. The molecule has 0 radical (unpaired) electrons. The number of hydrogen-bond donors (Lipinski definition) is 1. The fourth-order valence-electron chi connectivity index (χ4n) is 1.98. The van der Waals surface area contributed by atoms with Gasteiger partial charge in [0.25, 0.3) is 0 Å². The lowest BCUT2D eigenvalue weighted by Crippen LogP contribution is -2.06. The zero-order valence-corrected chi connectivity index (χ0v) is 16.6. The third-order valence-corrected chi connectivity index (χ3v) is 6.25. The molecule has 0 saturated carbocycles. The molecular weight excluding hydrogens is 410 g/mol. The van der Waals surface area contributed by atoms with Gasteiger partial charge in [0.1, 0.15) is 15.3 Å². The second kappa shape index (κ2) is 9.31. The number of esters is 1. The molecule has 2 heterocycles. The number of hydrogen-bond acceptors (Lipinski definition) is 9. The molecule has 140 valence electrons. The highest BCUT2D eigenvalue weighted by molar-refractivity contribution is 8.04. The van der Waals surface area contributed by atoms with Crippen molar-refractivity contribution in [3.8, 4) is 5.40 Å². The Labute approximate surface area is 166 Å². The van der Waals surface area contributed by atoms with Gasteiger partial charge in [-0.1, -0.05) is 11.3 Å². The van der Waals surface area contributed by atoms with E-state index in [1.807, 2.05) is 5.40 Å². The number of nitriles is 1. The van der Waals surface area contributed by atoms with E-state index in [1.165, 1.54) is 24.3 Å². The number of rotatable bonds is 7. The third-order valence-electron chi connectivity index (χ3n) is 3.13. The first-order valence-corrected chi connectivity index (χ1v) is 9.92. The smallest absolute Gasteiger partial charge is 0.348 e. The summed E-state index contributed by atoms with van der Waals surface area (Å²) in [5.41, 5.74) is 0.568. The van der Waals surface area contributed by atoms with Gasteiger partial charge in [-0.05, 0) is 43.3 Å². The van der Waals surface area contributed by atoms with E-state index in [2.05, 4.69) is 5.32 Å². The van der Waals surface area contributed by atoms with Crippen LogP contribution in [-0.4, -0.2) is 23.4 Å². The SMILES string of the molecule is CCOC(=O)c1sc(NC(=O)/C=C/c2ccc([N+](=O)[O-])s2)c(SC#N)c1C. The molecule has 1 amide bonds. The lowest BCUT2D eigenvalue weighted by molar-refractivity contribution is -0.380. The minimum absolute atomic E-state index is 0.0178. The number of nitro groups is 1. The highest BCUT2D eigenvalue weighted by Crippen LogP contribution is 2.40. The van der Waals surface area contributed by atoms with Crippen molar-refractivity contribution in [3.05, 3.63) is 43.6 Å². The molecule has 2 rings (SSSR count). The summed E-state index contributed by atoms with van der Waals surface area (Å²) in [6, 6.07) is 2.90.